The molecule has 0 aliphatic carbocycles. The number of likely N-dealkylation sites (tertiary alicyclic amines) is 1. The van der Waals surface area contributed by atoms with E-state index in [-0.39, 0.29) is 12.0 Å². The number of hydrogen-bond acceptors (Lipinski definition) is 4. The minimum absolute atomic E-state index is 0.0788. The summed E-state index contributed by atoms with van der Waals surface area (Å²) in [5.74, 6) is -1.65. The Hall–Kier alpha value is -1.83. The molecule has 1 heterocycles. The summed E-state index contributed by atoms with van der Waals surface area (Å²) in [6.07, 6.45) is 2.03. The van der Waals surface area contributed by atoms with Crippen LogP contribution in [0.3, 0.4) is 0 Å². The molecule has 0 spiro atoms. The summed E-state index contributed by atoms with van der Waals surface area (Å²) in [6.45, 7) is 4.03. The van der Waals surface area contributed by atoms with Crippen molar-refractivity contribution in [2.75, 3.05) is 39.8 Å². The average Bonchev–Trinajstić information content (AvgIpc) is 2.44. The number of carboxylic acids is 1. The van der Waals surface area contributed by atoms with Crippen LogP contribution in [-0.2, 0) is 9.59 Å². The summed E-state index contributed by atoms with van der Waals surface area (Å²) >= 11 is 0. The van der Waals surface area contributed by atoms with Gasteiger partial charge in [0, 0.05) is 6.54 Å². The van der Waals surface area contributed by atoms with E-state index in [1.54, 1.807) is 0 Å². The first kappa shape index (κ1) is 17.2. The zero-order valence-electron chi connectivity index (χ0n) is 12.6. The summed E-state index contributed by atoms with van der Waals surface area (Å²) in [5, 5.41) is 15.7. The first-order valence-electron chi connectivity index (χ1n) is 6.99. The molecular weight excluding hydrogens is 276 g/mol. The van der Waals surface area contributed by atoms with Crippen molar-refractivity contribution in [2.24, 2.45) is 5.41 Å². The van der Waals surface area contributed by atoms with Crippen LogP contribution in [0.25, 0.3) is 0 Å². The van der Waals surface area contributed by atoms with Gasteiger partial charge in [0.2, 0.25) is 5.91 Å². The second-order valence-electron chi connectivity index (χ2n) is 5.82. The lowest BCUT2D eigenvalue weighted by Crippen LogP contribution is -2.48. The fraction of sp³-hybridized carbons (Fsp3) is 0.769. The maximum atomic E-state index is 11.6. The highest BCUT2D eigenvalue weighted by Crippen LogP contribution is 2.29. The third-order valence-electron chi connectivity index (χ3n) is 3.72. The summed E-state index contributed by atoms with van der Waals surface area (Å²) in [7, 11) is 2.08. The Morgan fingerprint density at radius 2 is 1.71 bits per heavy atom. The predicted molar refractivity (Wildman–Crippen MR) is 76.9 cm³/mol. The van der Waals surface area contributed by atoms with Gasteiger partial charge in [0.15, 0.2) is 0 Å². The molecule has 1 aliphatic rings. The van der Waals surface area contributed by atoms with Crippen molar-refractivity contribution >= 4 is 17.9 Å². The summed E-state index contributed by atoms with van der Waals surface area (Å²) < 4.78 is 0. The van der Waals surface area contributed by atoms with Gasteiger partial charge in [0.25, 0.3) is 0 Å². The first-order valence-corrected chi connectivity index (χ1v) is 6.99. The number of amides is 3. The van der Waals surface area contributed by atoms with Crippen LogP contribution in [0.1, 0.15) is 19.8 Å². The van der Waals surface area contributed by atoms with Gasteiger partial charge in [-0.3, -0.25) is 9.59 Å². The lowest BCUT2D eigenvalue weighted by molar-refractivity contribution is -0.137. The summed E-state index contributed by atoms with van der Waals surface area (Å²) in [5.41, 5.74) is 0.0788. The van der Waals surface area contributed by atoms with Crippen LogP contribution in [0.5, 0.6) is 0 Å². The Morgan fingerprint density at radius 1 is 1.10 bits per heavy atom. The van der Waals surface area contributed by atoms with Gasteiger partial charge < -0.3 is 26.0 Å². The maximum absolute atomic E-state index is 11.6. The minimum Gasteiger partial charge on any atom is -0.480 e. The van der Waals surface area contributed by atoms with Crippen molar-refractivity contribution in [3.63, 3.8) is 0 Å². The topological polar surface area (TPSA) is 111 Å². The minimum atomic E-state index is -1.12. The monoisotopic (exact) mass is 300 g/mol. The quantitative estimate of drug-likeness (QED) is 0.514. The average molecular weight is 300 g/mol. The third-order valence-corrected chi connectivity index (χ3v) is 3.72. The van der Waals surface area contributed by atoms with E-state index >= 15 is 0 Å². The lowest BCUT2D eigenvalue weighted by atomic mass is 9.80. The van der Waals surface area contributed by atoms with E-state index in [1.807, 2.05) is 0 Å². The summed E-state index contributed by atoms with van der Waals surface area (Å²) in [6, 6.07) is -0.416. The van der Waals surface area contributed by atoms with Gasteiger partial charge in [-0.2, -0.15) is 0 Å². The molecule has 8 nitrogen and oxygen atoms in total. The molecule has 3 amide bonds. The van der Waals surface area contributed by atoms with Crippen molar-refractivity contribution in [3.8, 4) is 0 Å². The molecule has 1 saturated heterocycles. The Balaban J connectivity index is 2.19. The Bertz CT molecular complexity index is 392. The van der Waals surface area contributed by atoms with Crippen LogP contribution in [0.2, 0.25) is 0 Å². The Kier molecular flexibility index (Phi) is 6.41. The van der Waals surface area contributed by atoms with Gasteiger partial charge in [0.05, 0.1) is 6.54 Å². The zero-order valence-corrected chi connectivity index (χ0v) is 12.6. The number of carboxylic acid groups (broad SMARTS) is 1. The molecule has 0 atom stereocenters. The normalized spacial score (nSPS) is 17.8. The number of aliphatic carboxylic acids is 1. The lowest BCUT2D eigenvalue weighted by Gasteiger charge is -2.37. The van der Waals surface area contributed by atoms with Gasteiger partial charge in [-0.1, -0.05) is 6.92 Å². The van der Waals surface area contributed by atoms with Gasteiger partial charge in [-0.15, -0.1) is 0 Å². The molecule has 0 radical (unpaired) electrons. The van der Waals surface area contributed by atoms with E-state index in [0.717, 1.165) is 25.9 Å². The molecule has 4 N–H and O–H groups in total. The molecular formula is C13H24N4O4. The maximum Gasteiger partial charge on any atom is 0.322 e. The molecule has 0 saturated carbocycles. The SMILES string of the molecule is CN1CCC(C)(CNC(=O)NCC(=O)NCC(=O)O)CC1. The largest absolute Gasteiger partial charge is 0.480 e. The van der Waals surface area contributed by atoms with Crippen LogP contribution in [-0.4, -0.2) is 67.7 Å². The molecule has 21 heavy (non-hydrogen) atoms. The highest BCUT2D eigenvalue weighted by Gasteiger charge is 2.29. The van der Waals surface area contributed by atoms with Crippen LogP contribution >= 0.6 is 0 Å². The third kappa shape index (κ3) is 6.94. The fourth-order valence-corrected chi connectivity index (χ4v) is 2.09. The molecule has 0 bridgehead atoms. The van der Waals surface area contributed by atoms with Crippen LogP contribution in [0.4, 0.5) is 4.79 Å². The highest BCUT2D eigenvalue weighted by atomic mass is 16.4. The van der Waals surface area contributed by atoms with E-state index < -0.39 is 24.5 Å². The number of carbonyl (C=O) groups excluding carboxylic acids is 2. The zero-order chi connectivity index (χ0) is 15.9. The van der Waals surface area contributed by atoms with Crippen LogP contribution < -0.4 is 16.0 Å². The number of urea groups is 1. The summed E-state index contributed by atoms with van der Waals surface area (Å²) in [4.78, 5) is 35.4. The molecule has 1 aliphatic heterocycles. The van der Waals surface area contributed by atoms with Crippen molar-refractivity contribution < 1.29 is 19.5 Å². The molecule has 0 aromatic carbocycles. The van der Waals surface area contributed by atoms with Crippen molar-refractivity contribution in [1.82, 2.24) is 20.9 Å². The van der Waals surface area contributed by atoms with Crippen molar-refractivity contribution in [2.45, 2.75) is 19.8 Å². The van der Waals surface area contributed by atoms with Crippen molar-refractivity contribution in [3.05, 3.63) is 0 Å². The van der Waals surface area contributed by atoms with Gasteiger partial charge in [-0.05, 0) is 38.4 Å². The van der Waals surface area contributed by atoms with E-state index in [4.69, 9.17) is 5.11 Å². The second kappa shape index (κ2) is 7.82. The second-order valence-corrected chi connectivity index (χ2v) is 5.82. The molecule has 8 heteroatoms. The number of carbonyl (C=O) groups is 3. The van der Waals surface area contributed by atoms with Gasteiger partial charge in [0.1, 0.15) is 6.54 Å². The molecule has 120 valence electrons. The molecule has 0 aromatic rings. The molecule has 1 fully saturated rings. The number of rotatable bonds is 6. The molecule has 1 rings (SSSR count). The number of piperidine rings is 1. The molecule has 0 aromatic heterocycles. The van der Waals surface area contributed by atoms with E-state index in [1.165, 1.54) is 0 Å². The highest BCUT2D eigenvalue weighted by molar-refractivity contribution is 5.86. The van der Waals surface area contributed by atoms with Crippen molar-refractivity contribution in [1.29, 1.82) is 0 Å². The number of hydrogen-bond donors (Lipinski definition) is 4. The van der Waals surface area contributed by atoms with Gasteiger partial charge in [-0.25, -0.2) is 4.79 Å². The van der Waals surface area contributed by atoms with Crippen LogP contribution in [0.15, 0.2) is 0 Å². The molecule has 0 unspecified atom stereocenters. The van der Waals surface area contributed by atoms with Crippen LogP contribution in [0, 0.1) is 5.41 Å². The van der Waals surface area contributed by atoms with E-state index in [2.05, 4.69) is 34.8 Å². The fourth-order valence-electron chi connectivity index (χ4n) is 2.09. The van der Waals surface area contributed by atoms with Gasteiger partial charge >= 0.3 is 12.0 Å². The van der Waals surface area contributed by atoms with E-state index in [9.17, 15) is 14.4 Å². The predicted octanol–water partition coefficient (Wildman–Crippen LogP) is -0.782. The Morgan fingerprint density at radius 3 is 2.29 bits per heavy atom. The number of nitrogens with zero attached hydrogens (tertiary/aromatic N) is 1. The smallest absolute Gasteiger partial charge is 0.322 e. The Labute approximate surface area is 124 Å². The standard InChI is InChI=1S/C13H24N4O4/c1-13(3-5-17(2)6-4-13)9-16-12(21)15-7-10(18)14-8-11(19)20/h3-9H2,1-2H3,(H,14,18)(H,19,20)(H2,15,16,21). The van der Waals surface area contributed by atoms with E-state index in [0.29, 0.717) is 6.54 Å². The first-order chi connectivity index (χ1) is 9.81. The number of nitrogens with one attached hydrogen (secondary N) is 3.